The third-order valence-corrected chi connectivity index (χ3v) is 5.27. The van der Waals surface area contributed by atoms with Crippen molar-refractivity contribution in [3.63, 3.8) is 0 Å². The number of anilines is 1. The number of aromatic nitrogens is 2. The van der Waals surface area contributed by atoms with E-state index in [0.717, 1.165) is 12.2 Å². The Kier molecular flexibility index (Phi) is 7.74. The van der Waals surface area contributed by atoms with Crippen molar-refractivity contribution in [2.24, 2.45) is 0 Å². The zero-order valence-electron chi connectivity index (χ0n) is 20.3. The van der Waals surface area contributed by atoms with Crippen molar-refractivity contribution in [1.29, 1.82) is 0 Å². The molecule has 0 unspecified atom stereocenters. The number of ether oxygens (including phenoxy) is 5. The number of carbonyl (C=O) groups excluding carboxylic acids is 3. The van der Waals surface area contributed by atoms with E-state index in [4.69, 9.17) is 18.9 Å². The smallest absolute Gasteiger partial charge is 0.337 e. The maximum Gasteiger partial charge on any atom is 0.337 e. The molecule has 11 heteroatoms. The fourth-order valence-corrected chi connectivity index (χ4v) is 3.42. The first kappa shape index (κ1) is 25.3. The van der Waals surface area contributed by atoms with Gasteiger partial charge in [-0.2, -0.15) is 0 Å². The highest BCUT2D eigenvalue weighted by Gasteiger charge is 2.23. The number of esters is 1. The Hall–Kier alpha value is -4.77. The molecule has 0 atom stereocenters. The molecule has 0 aliphatic heterocycles. The van der Waals surface area contributed by atoms with Crippen LogP contribution in [0.25, 0.3) is 10.9 Å². The average molecular weight is 505 g/mol. The molecule has 0 spiro atoms. The van der Waals surface area contributed by atoms with Crippen LogP contribution in [-0.2, 0) is 19.1 Å². The van der Waals surface area contributed by atoms with Crippen LogP contribution in [0, 0.1) is 0 Å². The second-order valence-corrected chi connectivity index (χ2v) is 7.62. The molecule has 1 aromatic heterocycles. The number of ketones is 2. The van der Waals surface area contributed by atoms with Gasteiger partial charge in [0.25, 0.3) is 0 Å². The predicted octanol–water partition coefficient (Wildman–Crippen LogP) is 2.86. The van der Waals surface area contributed by atoms with Gasteiger partial charge in [-0.15, -0.1) is 0 Å². The average Bonchev–Trinajstić information content (AvgIpc) is 2.91. The molecule has 1 aliphatic rings. The number of hydrogen-bond acceptors (Lipinski definition) is 11. The van der Waals surface area contributed by atoms with Crippen LogP contribution in [0.1, 0.15) is 10.4 Å². The Morgan fingerprint density at radius 1 is 0.919 bits per heavy atom. The van der Waals surface area contributed by atoms with Crippen molar-refractivity contribution in [2.75, 3.05) is 39.9 Å². The van der Waals surface area contributed by atoms with E-state index < -0.39 is 17.5 Å². The summed E-state index contributed by atoms with van der Waals surface area (Å²) in [6.45, 7) is 0.726. The van der Waals surface area contributed by atoms with Gasteiger partial charge in [0.15, 0.2) is 17.3 Å². The molecule has 1 heterocycles. The largest absolute Gasteiger partial charge is 0.493 e. The van der Waals surface area contributed by atoms with Crippen LogP contribution in [-0.4, -0.2) is 62.0 Å². The lowest BCUT2D eigenvalue weighted by atomic mass is 10.1. The normalized spacial score (nSPS) is 13.1. The summed E-state index contributed by atoms with van der Waals surface area (Å²) in [4.78, 5) is 45.5. The van der Waals surface area contributed by atoms with Gasteiger partial charge in [-0.1, -0.05) is 0 Å². The third-order valence-electron chi connectivity index (χ3n) is 5.27. The number of benzene rings is 2. The van der Waals surface area contributed by atoms with Gasteiger partial charge >= 0.3 is 5.97 Å². The van der Waals surface area contributed by atoms with E-state index >= 15 is 0 Å². The summed E-state index contributed by atoms with van der Waals surface area (Å²) in [5.74, 6) is -0.175. The first-order valence-corrected chi connectivity index (χ1v) is 11.0. The van der Waals surface area contributed by atoms with Crippen molar-refractivity contribution < 1.29 is 38.1 Å². The Balaban J connectivity index is 1.53. The summed E-state index contributed by atoms with van der Waals surface area (Å²) in [5, 5.41) is 3.46. The molecule has 11 nitrogen and oxygen atoms in total. The molecule has 0 fully saturated rings. The Morgan fingerprint density at radius 2 is 1.70 bits per heavy atom. The minimum Gasteiger partial charge on any atom is -0.493 e. The highest BCUT2D eigenvalue weighted by molar-refractivity contribution is 6.20. The molecule has 0 amide bonds. The first-order chi connectivity index (χ1) is 17.9. The molecule has 1 aliphatic carbocycles. The fourth-order valence-electron chi connectivity index (χ4n) is 3.42. The van der Waals surface area contributed by atoms with Gasteiger partial charge in [0.05, 0.1) is 37.6 Å². The van der Waals surface area contributed by atoms with Crippen molar-refractivity contribution >= 4 is 34.3 Å². The second kappa shape index (κ2) is 11.3. The SMILES string of the molecule is COCCOc1cc2ncnc(NC3=CC(=O)C(Oc4ccc(C(=O)OC)cc4)=CC3=O)c2cc1OC. The predicted molar refractivity (Wildman–Crippen MR) is 132 cm³/mol. The van der Waals surface area contributed by atoms with Gasteiger partial charge in [-0.25, -0.2) is 14.8 Å². The summed E-state index contributed by atoms with van der Waals surface area (Å²) >= 11 is 0. The van der Waals surface area contributed by atoms with Gasteiger partial charge in [-0.3, -0.25) is 9.59 Å². The van der Waals surface area contributed by atoms with Gasteiger partial charge in [0.2, 0.25) is 11.6 Å². The molecule has 37 heavy (non-hydrogen) atoms. The van der Waals surface area contributed by atoms with Crippen molar-refractivity contribution in [3.8, 4) is 17.2 Å². The summed E-state index contributed by atoms with van der Waals surface area (Å²) < 4.78 is 26.3. The number of fused-ring (bicyclic) bond motifs is 1. The first-order valence-electron chi connectivity index (χ1n) is 11.0. The molecule has 4 rings (SSSR count). The van der Waals surface area contributed by atoms with Gasteiger partial charge in [0.1, 0.15) is 24.5 Å². The number of carbonyl (C=O) groups is 3. The Bertz CT molecular complexity index is 1410. The van der Waals surface area contributed by atoms with E-state index in [1.807, 2.05) is 0 Å². The Morgan fingerprint density at radius 3 is 2.41 bits per heavy atom. The van der Waals surface area contributed by atoms with Gasteiger partial charge in [0, 0.05) is 30.7 Å². The lowest BCUT2D eigenvalue weighted by Crippen LogP contribution is -2.21. The van der Waals surface area contributed by atoms with Crippen LogP contribution in [0.15, 0.2) is 66.3 Å². The molecule has 0 radical (unpaired) electrons. The summed E-state index contributed by atoms with van der Waals surface area (Å²) in [6, 6.07) is 9.34. The molecule has 0 saturated heterocycles. The quantitative estimate of drug-likeness (QED) is 0.247. The van der Waals surface area contributed by atoms with E-state index in [0.29, 0.717) is 47.0 Å². The zero-order valence-corrected chi connectivity index (χ0v) is 20.3. The van der Waals surface area contributed by atoms with Gasteiger partial charge in [-0.05, 0) is 30.3 Å². The van der Waals surface area contributed by atoms with Crippen LogP contribution in [0.3, 0.4) is 0 Å². The Labute approximate surface area is 211 Å². The van der Waals surface area contributed by atoms with Crippen LogP contribution in [0.2, 0.25) is 0 Å². The second-order valence-electron chi connectivity index (χ2n) is 7.62. The van der Waals surface area contributed by atoms with E-state index in [1.54, 1.807) is 19.2 Å². The number of nitrogens with one attached hydrogen (secondary N) is 1. The number of allylic oxidation sites excluding steroid dienone is 2. The molecule has 1 N–H and O–H groups in total. The monoisotopic (exact) mass is 505 g/mol. The van der Waals surface area contributed by atoms with Crippen LogP contribution < -0.4 is 19.5 Å². The van der Waals surface area contributed by atoms with Crippen LogP contribution in [0.5, 0.6) is 17.2 Å². The summed E-state index contributed by atoms with van der Waals surface area (Å²) in [5.41, 5.74) is 0.872. The topological polar surface area (TPSA) is 135 Å². The summed E-state index contributed by atoms with van der Waals surface area (Å²) in [6.07, 6.45) is 3.55. The number of nitrogens with zero attached hydrogens (tertiary/aromatic N) is 2. The van der Waals surface area contributed by atoms with Crippen molar-refractivity contribution in [2.45, 2.75) is 0 Å². The van der Waals surface area contributed by atoms with E-state index in [2.05, 4.69) is 20.0 Å². The third kappa shape index (κ3) is 5.73. The number of hydrogen-bond donors (Lipinski definition) is 1. The maximum absolute atomic E-state index is 12.8. The van der Waals surface area contributed by atoms with Crippen LogP contribution in [0.4, 0.5) is 5.82 Å². The highest BCUT2D eigenvalue weighted by atomic mass is 16.5. The number of methoxy groups -OCH3 is 3. The molecular weight excluding hydrogens is 482 g/mol. The minimum atomic E-state index is -0.524. The number of rotatable bonds is 10. The van der Waals surface area contributed by atoms with Crippen LogP contribution >= 0.6 is 0 Å². The van der Waals surface area contributed by atoms with Crippen molar-refractivity contribution in [1.82, 2.24) is 9.97 Å². The molecule has 190 valence electrons. The molecular formula is C26H23N3O8. The lowest BCUT2D eigenvalue weighted by Gasteiger charge is -2.16. The van der Waals surface area contributed by atoms with E-state index in [9.17, 15) is 14.4 Å². The van der Waals surface area contributed by atoms with E-state index in [1.165, 1.54) is 44.8 Å². The van der Waals surface area contributed by atoms with Gasteiger partial charge < -0.3 is 29.0 Å². The molecule has 0 saturated carbocycles. The lowest BCUT2D eigenvalue weighted by molar-refractivity contribution is -0.116. The minimum absolute atomic E-state index is 0.0118. The van der Waals surface area contributed by atoms with E-state index in [-0.39, 0.29) is 17.2 Å². The zero-order chi connectivity index (χ0) is 26.4. The molecule has 0 bridgehead atoms. The standard InChI is InChI=1S/C26H23N3O8/c1-33-8-9-36-24-12-18-17(10-23(24)34-2)25(28-14-27-18)29-19-11-21(31)22(13-20(19)30)37-16-6-4-15(5-7-16)26(32)35-3/h4-7,10-14H,8-9H2,1-3H3,(H,27,28,29). The maximum atomic E-state index is 12.8. The molecule has 3 aromatic rings. The molecule has 2 aromatic carbocycles. The highest BCUT2D eigenvalue weighted by Crippen LogP contribution is 2.34. The fraction of sp³-hybridized carbons (Fsp3) is 0.192. The van der Waals surface area contributed by atoms with Crippen molar-refractivity contribution in [3.05, 3.63) is 71.9 Å². The summed E-state index contributed by atoms with van der Waals surface area (Å²) in [7, 11) is 4.35.